The molecular weight excluding hydrogens is 404 g/mol. The largest absolute Gasteiger partial charge is 0.479 e. The topological polar surface area (TPSA) is 84.3 Å². The lowest BCUT2D eigenvalue weighted by atomic mass is 10.1. The Balaban J connectivity index is 1.41. The molecule has 2 heterocycles. The molecular formula is C23H21ClN2O4. The van der Waals surface area contributed by atoms with Gasteiger partial charge < -0.3 is 19.5 Å². The van der Waals surface area contributed by atoms with E-state index >= 15 is 0 Å². The van der Waals surface area contributed by atoms with Crippen molar-refractivity contribution in [3.05, 3.63) is 75.2 Å². The average molecular weight is 425 g/mol. The van der Waals surface area contributed by atoms with E-state index in [0.717, 1.165) is 27.4 Å². The molecule has 2 aromatic carbocycles. The molecule has 1 atom stereocenters. The molecule has 0 bridgehead atoms. The average Bonchev–Trinajstić information content (AvgIpc) is 3.12. The van der Waals surface area contributed by atoms with Crippen molar-refractivity contribution < 1.29 is 13.9 Å². The maximum absolute atomic E-state index is 12.5. The van der Waals surface area contributed by atoms with Gasteiger partial charge in [0.15, 0.2) is 6.10 Å². The number of hydrogen-bond acceptors (Lipinski definition) is 4. The predicted octanol–water partition coefficient (Wildman–Crippen LogP) is 4.36. The number of aromatic amines is 1. The Morgan fingerprint density at radius 1 is 1.23 bits per heavy atom. The fraction of sp³-hybridized carbons (Fsp3) is 0.217. The van der Waals surface area contributed by atoms with Crippen LogP contribution in [-0.4, -0.2) is 23.5 Å². The van der Waals surface area contributed by atoms with Gasteiger partial charge >= 0.3 is 5.63 Å². The number of aromatic nitrogens is 1. The van der Waals surface area contributed by atoms with Crippen molar-refractivity contribution in [1.82, 2.24) is 10.3 Å². The number of ether oxygens (including phenoxy) is 1. The second-order valence-corrected chi connectivity index (χ2v) is 7.60. The Labute approximate surface area is 177 Å². The molecule has 0 aliphatic carbocycles. The van der Waals surface area contributed by atoms with Gasteiger partial charge in [-0.1, -0.05) is 29.8 Å². The number of H-pyrrole nitrogens is 1. The van der Waals surface area contributed by atoms with Crippen molar-refractivity contribution >= 4 is 39.4 Å². The van der Waals surface area contributed by atoms with Gasteiger partial charge in [0, 0.05) is 41.2 Å². The maximum atomic E-state index is 12.5. The minimum absolute atomic E-state index is 0.253. The summed E-state index contributed by atoms with van der Waals surface area (Å²) in [5, 5.41) is 5.11. The standard InChI is InChI=1S/C23H21ClN2O4/c1-13-9-22(27)30-20-11-21(18(24)10-17(13)20)29-14(2)23(28)25-8-7-15-12-26-19-6-4-3-5-16(15)19/h3-6,9-12,14,26H,7-8H2,1-2H3,(H,25,28)/t14-/m0/s1. The highest BCUT2D eigenvalue weighted by Gasteiger charge is 2.17. The minimum atomic E-state index is -0.764. The van der Waals surface area contributed by atoms with Crippen LogP contribution in [0.25, 0.3) is 21.9 Å². The second kappa shape index (κ2) is 8.24. The van der Waals surface area contributed by atoms with E-state index in [1.807, 2.05) is 24.4 Å². The maximum Gasteiger partial charge on any atom is 0.336 e. The Morgan fingerprint density at radius 3 is 2.87 bits per heavy atom. The van der Waals surface area contributed by atoms with E-state index in [-0.39, 0.29) is 11.7 Å². The van der Waals surface area contributed by atoms with Crippen LogP contribution >= 0.6 is 11.6 Å². The first-order valence-electron chi connectivity index (χ1n) is 9.66. The molecule has 2 aromatic heterocycles. The summed E-state index contributed by atoms with van der Waals surface area (Å²) in [6.45, 7) is 3.93. The lowest BCUT2D eigenvalue weighted by molar-refractivity contribution is -0.127. The smallest absolute Gasteiger partial charge is 0.336 e. The number of hydrogen-bond donors (Lipinski definition) is 2. The summed E-state index contributed by atoms with van der Waals surface area (Å²) >= 11 is 6.31. The van der Waals surface area contributed by atoms with E-state index in [4.69, 9.17) is 20.8 Å². The van der Waals surface area contributed by atoms with Gasteiger partial charge in [-0.3, -0.25) is 4.79 Å². The normalized spacial score (nSPS) is 12.2. The fourth-order valence-corrected chi connectivity index (χ4v) is 3.66. The van der Waals surface area contributed by atoms with Crippen LogP contribution in [-0.2, 0) is 11.2 Å². The molecule has 0 spiro atoms. The van der Waals surface area contributed by atoms with Crippen molar-refractivity contribution in [2.24, 2.45) is 0 Å². The first kappa shape index (κ1) is 20.0. The molecule has 2 N–H and O–H groups in total. The zero-order valence-corrected chi connectivity index (χ0v) is 17.4. The molecule has 30 heavy (non-hydrogen) atoms. The van der Waals surface area contributed by atoms with E-state index in [9.17, 15) is 9.59 Å². The molecule has 7 heteroatoms. The molecule has 0 saturated carbocycles. The Kier molecular flexibility index (Phi) is 5.50. The van der Waals surface area contributed by atoms with Crippen LogP contribution in [0.15, 0.2) is 57.9 Å². The van der Waals surface area contributed by atoms with Gasteiger partial charge in [0.25, 0.3) is 5.91 Å². The van der Waals surface area contributed by atoms with Gasteiger partial charge in [0.2, 0.25) is 0 Å². The summed E-state index contributed by atoms with van der Waals surface area (Å²) in [7, 11) is 0. The number of carbonyl (C=O) groups excluding carboxylic acids is 1. The van der Waals surface area contributed by atoms with Crippen LogP contribution in [0.4, 0.5) is 0 Å². The molecule has 0 aliphatic rings. The monoisotopic (exact) mass is 424 g/mol. The zero-order chi connectivity index (χ0) is 21.3. The first-order valence-corrected chi connectivity index (χ1v) is 10.0. The minimum Gasteiger partial charge on any atom is -0.479 e. The van der Waals surface area contributed by atoms with Gasteiger partial charge in [-0.15, -0.1) is 0 Å². The van der Waals surface area contributed by atoms with Crippen LogP contribution in [0, 0.1) is 6.92 Å². The van der Waals surface area contributed by atoms with E-state index in [0.29, 0.717) is 23.6 Å². The third kappa shape index (κ3) is 4.04. The zero-order valence-electron chi connectivity index (χ0n) is 16.6. The fourth-order valence-electron chi connectivity index (χ4n) is 3.46. The third-order valence-electron chi connectivity index (χ3n) is 5.05. The number of carbonyl (C=O) groups is 1. The van der Waals surface area contributed by atoms with Crippen LogP contribution < -0.4 is 15.7 Å². The number of aryl methyl sites for hydroxylation is 1. The number of para-hydroxylation sites is 1. The van der Waals surface area contributed by atoms with Gasteiger partial charge in [-0.05, 0) is 43.5 Å². The second-order valence-electron chi connectivity index (χ2n) is 7.19. The Morgan fingerprint density at radius 2 is 2.03 bits per heavy atom. The number of benzene rings is 2. The summed E-state index contributed by atoms with van der Waals surface area (Å²) in [6, 6.07) is 12.7. The molecule has 0 saturated heterocycles. The number of fused-ring (bicyclic) bond motifs is 2. The highest BCUT2D eigenvalue weighted by molar-refractivity contribution is 6.32. The molecule has 1 amide bonds. The lowest BCUT2D eigenvalue weighted by Gasteiger charge is -2.16. The third-order valence-corrected chi connectivity index (χ3v) is 5.34. The highest BCUT2D eigenvalue weighted by Crippen LogP contribution is 2.31. The molecule has 0 radical (unpaired) electrons. The van der Waals surface area contributed by atoms with Gasteiger partial charge in [-0.2, -0.15) is 0 Å². The van der Waals surface area contributed by atoms with E-state index in [1.54, 1.807) is 26.0 Å². The van der Waals surface area contributed by atoms with Crippen LogP contribution in [0.3, 0.4) is 0 Å². The molecule has 6 nitrogen and oxygen atoms in total. The first-order chi connectivity index (χ1) is 14.4. The molecule has 4 rings (SSSR count). The van der Waals surface area contributed by atoms with Crippen molar-refractivity contribution in [3.8, 4) is 5.75 Å². The summed E-state index contributed by atoms with van der Waals surface area (Å²) in [6.07, 6.45) is 1.89. The molecule has 0 aliphatic heterocycles. The summed E-state index contributed by atoms with van der Waals surface area (Å²) in [4.78, 5) is 27.3. The highest BCUT2D eigenvalue weighted by atomic mass is 35.5. The predicted molar refractivity (Wildman–Crippen MR) is 117 cm³/mol. The number of nitrogens with one attached hydrogen (secondary N) is 2. The van der Waals surface area contributed by atoms with E-state index in [2.05, 4.69) is 16.4 Å². The van der Waals surface area contributed by atoms with Crippen molar-refractivity contribution in [2.45, 2.75) is 26.4 Å². The van der Waals surface area contributed by atoms with Crippen molar-refractivity contribution in [3.63, 3.8) is 0 Å². The summed E-state index contributed by atoms with van der Waals surface area (Å²) in [5.74, 6) is 0.0360. The number of rotatable bonds is 6. The van der Waals surface area contributed by atoms with Crippen molar-refractivity contribution in [2.75, 3.05) is 6.54 Å². The van der Waals surface area contributed by atoms with Gasteiger partial charge in [-0.25, -0.2) is 4.79 Å². The van der Waals surface area contributed by atoms with Crippen molar-refractivity contribution in [1.29, 1.82) is 0 Å². The number of amides is 1. The SMILES string of the molecule is Cc1cc(=O)oc2cc(O[C@@H](C)C(=O)NCCc3c[nH]c4ccccc34)c(Cl)cc12. The summed E-state index contributed by atoms with van der Waals surface area (Å²) in [5.41, 5.74) is 2.89. The van der Waals surface area contributed by atoms with Crippen LogP contribution in [0.5, 0.6) is 5.75 Å². The Hall–Kier alpha value is -3.25. The molecule has 0 fully saturated rings. The molecule has 4 aromatic rings. The van der Waals surface area contributed by atoms with Gasteiger partial charge in [0.05, 0.1) is 5.02 Å². The molecule has 0 unspecified atom stereocenters. The van der Waals surface area contributed by atoms with Crippen LogP contribution in [0.2, 0.25) is 5.02 Å². The quantitative estimate of drug-likeness (QED) is 0.450. The number of halogens is 1. The van der Waals surface area contributed by atoms with Crippen LogP contribution in [0.1, 0.15) is 18.1 Å². The van der Waals surface area contributed by atoms with Gasteiger partial charge in [0.1, 0.15) is 11.3 Å². The summed E-state index contributed by atoms with van der Waals surface area (Å²) < 4.78 is 11.0. The van der Waals surface area contributed by atoms with E-state index < -0.39 is 11.7 Å². The van der Waals surface area contributed by atoms with E-state index in [1.165, 1.54) is 6.07 Å². The Bertz CT molecular complexity index is 1290. The molecule has 154 valence electrons. The lowest BCUT2D eigenvalue weighted by Crippen LogP contribution is -2.37.